The number of rotatable bonds is 2. The molecule has 0 saturated heterocycles. The SMILES string of the molecule is COc1ccc([C@H]2Nc3c(C)cc(C)cc3-c3cc(C)nn32)cc1. The predicted molar refractivity (Wildman–Crippen MR) is 96.6 cm³/mol. The Hall–Kier alpha value is -2.75. The van der Waals surface area contributed by atoms with Gasteiger partial charge < -0.3 is 10.1 Å². The van der Waals surface area contributed by atoms with Crippen molar-refractivity contribution >= 4 is 5.69 Å². The molecule has 1 aromatic heterocycles. The maximum atomic E-state index is 5.28. The summed E-state index contributed by atoms with van der Waals surface area (Å²) in [6.45, 7) is 6.33. The third kappa shape index (κ3) is 2.26. The molecule has 0 bridgehead atoms. The molecular weight excluding hydrogens is 298 g/mol. The van der Waals surface area contributed by atoms with Gasteiger partial charge in [-0.3, -0.25) is 0 Å². The Bertz CT molecular complexity index is 909. The number of nitrogens with zero attached hydrogens (tertiary/aromatic N) is 2. The van der Waals surface area contributed by atoms with Gasteiger partial charge in [-0.15, -0.1) is 0 Å². The molecule has 0 aliphatic carbocycles. The van der Waals surface area contributed by atoms with Gasteiger partial charge in [-0.25, -0.2) is 4.68 Å². The number of ether oxygens (including phenoxy) is 1. The lowest BCUT2D eigenvalue weighted by molar-refractivity contribution is 0.414. The number of aromatic nitrogens is 2. The summed E-state index contributed by atoms with van der Waals surface area (Å²) < 4.78 is 7.36. The summed E-state index contributed by atoms with van der Waals surface area (Å²) in [4.78, 5) is 0. The van der Waals surface area contributed by atoms with Crippen molar-refractivity contribution in [3.05, 3.63) is 64.8 Å². The number of hydrogen-bond acceptors (Lipinski definition) is 3. The highest BCUT2D eigenvalue weighted by Gasteiger charge is 2.27. The molecular formula is C20H21N3O. The quantitative estimate of drug-likeness (QED) is 0.758. The average Bonchev–Trinajstić information content (AvgIpc) is 2.96. The first-order chi connectivity index (χ1) is 11.6. The standard InChI is InChI=1S/C20H21N3O/c1-12-9-13(2)19-17(10-12)18-11-14(3)22-23(18)20(21-19)15-5-7-16(24-4)8-6-15/h5-11,20-21H,1-4H3/t20-/m0/s1. The van der Waals surface area contributed by atoms with E-state index >= 15 is 0 Å². The van der Waals surface area contributed by atoms with E-state index in [9.17, 15) is 0 Å². The van der Waals surface area contributed by atoms with Gasteiger partial charge in [0.1, 0.15) is 11.9 Å². The van der Waals surface area contributed by atoms with Gasteiger partial charge in [-0.05, 0) is 56.2 Å². The van der Waals surface area contributed by atoms with Crippen molar-refractivity contribution in [2.75, 3.05) is 12.4 Å². The lowest BCUT2D eigenvalue weighted by atomic mass is 9.98. The zero-order valence-electron chi connectivity index (χ0n) is 14.4. The number of hydrogen-bond donors (Lipinski definition) is 1. The fourth-order valence-electron chi connectivity index (χ4n) is 3.48. The van der Waals surface area contributed by atoms with Crippen LogP contribution in [0.4, 0.5) is 5.69 Å². The van der Waals surface area contributed by atoms with Gasteiger partial charge in [0.25, 0.3) is 0 Å². The second-order valence-electron chi connectivity index (χ2n) is 6.44. The average molecular weight is 319 g/mol. The van der Waals surface area contributed by atoms with Gasteiger partial charge in [0.05, 0.1) is 18.5 Å². The molecule has 4 heteroatoms. The van der Waals surface area contributed by atoms with Gasteiger partial charge in [-0.1, -0.05) is 23.8 Å². The van der Waals surface area contributed by atoms with Crippen LogP contribution in [0.15, 0.2) is 42.5 Å². The van der Waals surface area contributed by atoms with Crippen LogP contribution in [0.3, 0.4) is 0 Å². The lowest BCUT2D eigenvalue weighted by Crippen LogP contribution is -2.26. The van der Waals surface area contributed by atoms with Gasteiger partial charge in [0.15, 0.2) is 0 Å². The summed E-state index contributed by atoms with van der Waals surface area (Å²) >= 11 is 0. The first-order valence-electron chi connectivity index (χ1n) is 8.15. The van der Waals surface area contributed by atoms with E-state index in [1.807, 2.05) is 19.1 Å². The van der Waals surface area contributed by atoms with Crippen molar-refractivity contribution in [3.8, 4) is 17.0 Å². The Balaban J connectivity index is 1.88. The Labute approximate surface area is 142 Å². The van der Waals surface area contributed by atoms with E-state index in [0.29, 0.717) is 0 Å². The smallest absolute Gasteiger partial charge is 0.147 e. The van der Waals surface area contributed by atoms with Gasteiger partial charge in [-0.2, -0.15) is 5.10 Å². The van der Waals surface area contributed by atoms with E-state index in [1.54, 1.807) is 7.11 Å². The minimum absolute atomic E-state index is 0.0199. The monoisotopic (exact) mass is 319 g/mol. The Morgan fingerprint density at radius 1 is 1.04 bits per heavy atom. The van der Waals surface area contributed by atoms with Crippen LogP contribution in [-0.4, -0.2) is 16.9 Å². The molecule has 1 aliphatic heterocycles. The summed E-state index contributed by atoms with van der Waals surface area (Å²) in [5.41, 5.74) is 8.28. The van der Waals surface area contributed by atoms with Crippen molar-refractivity contribution in [1.82, 2.24) is 9.78 Å². The molecule has 1 aliphatic rings. The number of aryl methyl sites for hydroxylation is 3. The molecule has 3 aromatic rings. The Morgan fingerprint density at radius 3 is 2.50 bits per heavy atom. The van der Waals surface area contributed by atoms with E-state index in [-0.39, 0.29) is 6.17 Å². The number of fused-ring (bicyclic) bond motifs is 3. The van der Waals surface area contributed by atoms with Crippen LogP contribution in [0.25, 0.3) is 11.3 Å². The van der Waals surface area contributed by atoms with E-state index in [1.165, 1.54) is 22.4 Å². The van der Waals surface area contributed by atoms with Crippen molar-refractivity contribution in [2.24, 2.45) is 0 Å². The molecule has 4 rings (SSSR count). The maximum absolute atomic E-state index is 5.28. The predicted octanol–water partition coefficient (Wildman–Crippen LogP) is 4.46. The van der Waals surface area contributed by atoms with Crippen LogP contribution in [0.1, 0.15) is 28.6 Å². The highest BCUT2D eigenvalue weighted by molar-refractivity contribution is 5.81. The van der Waals surface area contributed by atoms with Crippen LogP contribution >= 0.6 is 0 Å². The highest BCUT2D eigenvalue weighted by Crippen LogP contribution is 2.41. The van der Waals surface area contributed by atoms with Crippen molar-refractivity contribution in [2.45, 2.75) is 26.9 Å². The Morgan fingerprint density at radius 2 is 1.79 bits per heavy atom. The normalized spacial score (nSPS) is 15.4. The molecule has 1 atom stereocenters. The first-order valence-corrected chi connectivity index (χ1v) is 8.15. The van der Waals surface area contributed by atoms with E-state index in [0.717, 1.165) is 22.7 Å². The molecule has 0 amide bonds. The third-order valence-electron chi connectivity index (χ3n) is 4.57. The van der Waals surface area contributed by atoms with E-state index < -0.39 is 0 Å². The molecule has 2 aromatic carbocycles. The van der Waals surface area contributed by atoms with Crippen molar-refractivity contribution in [1.29, 1.82) is 0 Å². The van der Waals surface area contributed by atoms with Crippen LogP contribution in [-0.2, 0) is 0 Å². The molecule has 1 N–H and O–H groups in total. The summed E-state index contributed by atoms with van der Waals surface area (Å²) in [5, 5.41) is 8.41. The molecule has 0 fully saturated rings. The van der Waals surface area contributed by atoms with E-state index in [2.05, 4.69) is 54.2 Å². The Kier molecular flexibility index (Phi) is 3.34. The van der Waals surface area contributed by atoms with Crippen molar-refractivity contribution < 1.29 is 4.74 Å². The fraction of sp³-hybridized carbons (Fsp3) is 0.250. The number of benzene rings is 2. The number of anilines is 1. The van der Waals surface area contributed by atoms with Crippen LogP contribution < -0.4 is 10.1 Å². The second kappa shape index (κ2) is 5.41. The summed E-state index contributed by atoms with van der Waals surface area (Å²) in [5.74, 6) is 0.860. The van der Waals surface area contributed by atoms with Gasteiger partial charge in [0, 0.05) is 11.3 Å². The van der Waals surface area contributed by atoms with Crippen LogP contribution in [0, 0.1) is 20.8 Å². The van der Waals surface area contributed by atoms with Gasteiger partial charge in [0.2, 0.25) is 0 Å². The molecule has 0 saturated carbocycles. The zero-order valence-corrected chi connectivity index (χ0v) is 14.4. The first kappa shape index (κ1) is 14.8. The second-order valence-corrected chi connectivity index (χ2v) is 6.44. The third-order valence-corrected chi connectivity index (χ3v) is 4.57. The zero-order chi connectivity index (χ0) is 16.8. The molecule has 0 spiro atoms. The fourth-order valence-corrected chi connectivity index (χ4v) is 3.48. The molecule has 4 nitrogen and oxygen atoms in total. The highest BCUT2D eigenvalue weighted by atomic mass is 16.5. The van der Waals surface area contributed by atoms with Crippen LogP contribution in [0.2, 0.25) is 0 Å². The number of nitrogens with one attached hydrogen (secondary N) is 1. The molecule has 122 valence electrons. The molecule has 2 heterocycles. The minimum Gasteiger partial charge on any atom is -0.497 e. The summed E-state index contributed by atoms with van der Waals surface area (Å²) in [6.07, 6.45) is -0.0199. The topological polar surface area (TPSA) is 39.1 Å². The molecule has 24 heavy (non-hydrogen) atoms. The number of methoxy groups -OCH3 is 1. The molecule has 0 radical (unpaired) electrons. The minimum atomic E-state index is -0.0199. The van der Waals surface area contributed by atoms with E-state index in [4.69, 9.17) is 9.84 Å². The maximum Gasteiger partial charge on any atom is 0.147 e. The summed E-state index contributed by atoms with van der Waals surface area (Å²) in [6, 6.07) is 14.8. The largest absolute Gasteiger partial charge is 0.497 e. The lowest BCUT2D eigenvalue weighted by Gasteiger charge is -2.30. The molecule has 0 unspecified atom stereocenters. The summed E-state index contributed by atoms with van der Waals surface area (Å²) in [7, 11) is 1.69. The van der Waals surface area contributed by atoms with Crippen LogP contribution in [0.5, 0.6) is 5.75 Å². The van der Waals surface area contributed by atoms with Gasteiger partial charge >= 0.3 is 0 Å². The van der Waals surface area contributed by atoms with Crippen molar-refractivity contribution in [3.63, 3.8) is 0 Å².